The predicted molar refractivity (Wildman–Crippen MR) is 147 cm³/mol. The minimum Gasteiger partial charge on any atom is -0.326 e. The van der Waals surface area contributed by atoms with E-state index in [1.54, 1.807) is 0 Å². The lowest BCUT2D eigenvalue weighted by molar-refractivity contribution is -0.897. The zero-order valence-electron chi connectivity index (χ0n) is 23.8. The molecular formula is C27H29F10N2O4S2+. The molecule has 0 atom stereocenters. The molecule has 1 aromatic rings. The molecular weight excluding hydrogens is 670 g/mol. The summed E-state index contributed by atoms with van der Waals surface area (Å²) in [6, 6.07) is 4.95. The lowest BCUT2D eigenvalue weighted by atomic mass is 9.95. The molecule has 1 aromatic carbocycles. The SMILES string of the molecule is CCCCC[N+]1(C)CCCC1.N=C1C2=Cc3ccccc3C2=CC(S(=O)(=O)C(F)(F)C(F)(F)F)=C1S(=O)(=O)C(F)(F)C(F)(F)F. The minimum absolute atomic E-state index is 0.0223. The average Bonchev–Trinajstić information content (AvgIpc) is 3.51. The van der Waals surface area contributed by atoms with Crippen molar-refractivity contribution in [1.29, 1.82) is 5.41 Å². The predicted octanol–water partition coefficient (Wildman–Crippen LogP) is 7.27. The number of rotatable bonds is 8. The van der Waals surface area contributed by atoms with E-state index >= 15 is 0 Å². The van der Waals surface area contributed by atoms with E-state index in [-0.39, 0.29) is 17.2 Å². The van der Waals surface area contributed by atoms with Gasteiger partial charge in [-0.15, -0.1) is 0 Å². The maximum atomic E-state index is 13.9. The summed E-state index contributed by atoms with van der Waals surface area (Å²) >= 11 is 0. The first-order chi connectivity index (χ1) is 20.4. The van der Waals surface area contributed by atoms with Crippen LogP contribution >= 0.6 is 0 Å². The van der Waals surface area contributed by atoms with Gasteiger partial charge in [-0.3, -0.25) is 5.41 Å². The second-order valence-electron chi connectivity index (χ2n) is 11.0. The number of quaternary nitrogens is 1. The highest BCUT2D eigenvalue weighted by molar-refractivity contribution is 8.01. The molecule has 1 heterocycles. The number of hydrogen-bond donors (Lipinski definition) is 1. The number of fused-ring (bicyclic) bond motifs is 3. The Balaban J connectivity index is 0.000000423. The molecule has 6 nitrogen and oxygen atoms in total. The quantitative estimate of drug-likeness (QED) is 0.176. The molecule has 1 aliphatic heterocycles. The molecule has 0 amide bonds. The number of benzene rings is 1. The van der Waals surface area contributed by atoms with E-state index in [1.807, 2.05) is 0 Å². The van der Waals surface area contributed by atoms with Crippen molar-refractivity contribution in [1.82, 2.24) is 0 Å². The van der Waals surface area contributed by atoms with Crippen LogP contribution in [0.5, 0.6) is 0 Å². The smallest absolute Gasteiger partial charge is 0.326 e. The number of sulfone groups is 2. The fourth-order valence-electron chi connectivity index (χ4n) is 5.15. The Morgan fingerprint density at radius 3 is 1.78 bits per heavy atom. The highest BCUT2D eigenvalue weighted by Gasteiger charge is 2.72. The van der Waals surface area contributed by atoms with Crippen molar-refractivity contribution in [3.63, 3.8) is 0 Å². The highest BCUT2D eigenvalue weighted by Crippen LogP contribution is 2.52. The van der Waals surface area contributed by atoms with Crippen LogP contribution in [0.25, 0.3) is 11.6 Å². The first kappa shape index (κ1) is 36.7. The largest absolute Gasteiger partial charge is 0.469 e. The fourth-order valence-corrected chi connectivity index (χ4v) is 8.28. The minimum atomic E-state index is -7.40. The Kier molecular flexibility index (Phi) is 9.90. The normalized spacial score (nSPS) is 19.0. The fraction of sp³-hybridized carbons (Fsp3) is 0.519. The molecule has 0 aromatic heterocycles. The van der Waals surface area contributed by atoms with Crippen molar-refractivity contribution in [3.05, 3.63) is 56.9 Å². The van der Waals surface area contributed by atoms with Gasteiger partial charge < -0.3 is 4.48 Å². The highest BCUT2D eigenvalue weighted by atomic mass is 32.2. The number of nitrogens with zero attached hydrogens (tertiary/aromatic N) is 1. The Bertz CT molecular complexity index is 1650. The van der Waals surface area contributed by atoms with E-state index in [9.17, 15) is 60.7 Å². The van der Waals surface area contributed by atoms with Gasteiger partial charge in [-0.25, -0.2) is 16.8 Å². The molecule has 1 N–H and O–H groups in total. The second kappa shape index (κ2) is 12.1. The molecule has 1 saturated heterocycles. The lowest BCUT2D eigenvalue weighted by Crippen LogP contribution is -2.48. The zero-order valence-corrected chi connectivity index (χ0v) is 25.4. The third kappa shape index (κ3) is 6.46. The van der Waals surface area contributed by atoms with Gasteiger partial charge in [0.2, 0.25) is 0 Å². The van der Waals surface area contributed by atoms with Gasteiger partial charge >= 0.3 is 22.9 Å². The monoisotopic (exact) mass is 699 g/mol. The summed E-state index contributed by atoms with van der Waals surface area (Å²) in [5.41, 5.74) is -3.48. The lowest BCUT2D eigenvalue weighted by Gasteiger charge is -2.28. The van der Waals surface area contributed by atoms with Crippen LogP contribution in [0.15, 0.2) is 45.7 Å². The first-order valence-corrected chi connectivity index (χ1v) is 16.4. The summed E-state index contributed by atoms with van der Waals surface area (Å²) in [5.74, 6) is 0. The first-order valence-electron chi connectivity index (χ1n) is 13.5. The van der Waals surface area contributed by atoms with Gasteiger partial charge in [0.05, 0.1) is 37.3 Å². The number of hydrogen-bond acceptors (Lipinski definition) is 5. The Labute approximate surface area is 253 Å². The maximum Gasteiger partial charge on any atom is 0.469 e. The number of alkyl halides is 10. The summed E-state index contributed by atoms with van der Waals surface area (Å²) in [4.78, 5) is -5.57. The standard InChI is InChI=1S/C17H7F10NO4S2.C10H22N/c18-14(19,20)16(24,25)33(29,30)11-6-9-8-4-2-1-3-7(8)5-10(9)12(28)13(11)34(31,32)17(26,27)15(21,22)23;1-3-4-5-8-11(2)9-6-7-10-11/h1-6,28H;3-10H2,1-2H3/q;+1. The molecule has 3 aliphatic rings. The third-order valence-corrected chi connectivity index (χ3v) is 11.5. The maximum absolute atomic E-state index is 13.9. The summed E-state index contributed by atoms with van der Waals surface area (Å²) < 4.78 is 183. The van der Waals surface area contributed by atoms with E-state index in [1.165, 1.54) is 74.4 Å². The van der Waals surface area contributed by atoms with Crippen molar-refractivity contribution < 1.29 is 65.2 Å². The molecule has 2 aliphatic carbocycles. The summed E-state index contributed by atoms with van der Waals surface area (Å²) in [6.07, 6.45) is -6.08. The van der Waals surface area contributed by atoms with Crippen LogP contribution in [0.4, 0.5) is 43.9 Å². The van der Waals surface area contributed by atoms with Crippen LogP contribution in [0.1, 0.15) is 50.2 Å². The molecule has 4 rings (SSSR count). The second-order valence-corrected chi connectivity index (χ2v) is 14.9. The van der Waals surface area contributed by atoms with E-state index in [0.717, 1.165) is 12.1 Å². The van der Waals surface area contributed by atoms with Crippen molar-refractivity contribution >= 4 is 37.0 Å². The van der Waals surface area contributed by atoms with Crippen LogP contribution in [0.2, 0.25) is 0 Å². The molecule has 1 fully saturated rings. The van der Waals surface area contributed by atoms with E-state index in [0.29, 0.717) is 0 Å². The number of halogens is 10. The van der Waals surface area contributed by atoms with Crippen molar-refractivity contribution in [3.8, 4) is 0 Å². The van der Waals surface area contributed by atoms with Crippen molar-refractivity contribution in [2.45, 2.75) is 61.9 Å². The van der Waals surface area contributed by atoms with Gasteiger partial charge in [-0.1, -0.05) is 37.6 Å². The number of unbranched alkanes of at least 4 members (excludes halogenated alkanes) is 2. The van der Waals surface area contributed by atoms with Gasteiger partial charge in [0.15, 0.2) is 0 Å². The molecule has 0 bridgehead atoms. The van der Waals surface area contributed by atoms with E-state index in [2.05, 4.69) is 14.0 Å². The van der Waals surface area contributed by atoms with Crippen LogP contribution in [-0.4, -0.2) is 76.6 Å². The number of nitrogens with one attached hydrogen (secondary N) is 1. The summed E-state index contributed by atoms with van der Waals surface area (Å²) in [7, 11) is -12.3. The molecule has 0 spiro atoms. The van der Waals surface area contributed by atoms with E-state index in [4.69, 9.17) is 5.41 Å². The van der Waals surface area contributed by atoms with Gasteiger partial charge in [0.1, 0.15) is 4.91 Å². The Morgan fingerprint density at radius 1 is 0.756 bits per heavy atom. The van der Waals surface area contributed by atoms with Crippen LogP contribution in [-0.2, 0) is 19.7 Å². The van der Waals surface area contributed by atoms with E-state index < -0.39 is 69.2 Å². The zero-order chi connectivity index (χ0) is 34.4. The van der Waals surface area contributed by atoms with Crippen molar-refractivity contribution in [2.24, 2.45) is 0 Å². The molecule has 0 saturated carbocycles. The van der Waals surface area contributed by atoms with Crippen LogP contribution < -0.4 is 0 Å². The average molecular weight is 700 g/mol. The van der Waals surface area contributed by atoms with Gasteiger partial charge in [-0.2, -0.15) is 43.9 Å². The molecule has 45 heavy (non-hydrogen) atoms. The van der Waals surface area contributed by atoms with Gasteiger partial charge in [-0.05, 0) is 41.7 Å². The number of likely N-dealkylation sites (tertiary alicyclic amines) is 1. The topological polar surface area (TPSA) is 92.1 Å². The summed E-state index contributed by atoms with van der Waals surface area (Å²) in [5, 5.41) is -5.85. The number of allylic oxidation sites excluding steroid dienone is 4. The van der Waals surface area contributed by atoms with Gasteiger partial charge in [0, 0.05) is 18.4 Å². The molecule has 252 valence electrons. The Morgan fingerprint density at radius 2 is 1.27 bits per heavy atom. The van der Waals surface area contributed by atoms with Crippen LogP contribution in [0.3, 0.4) is 0 Å². The molecule has 0 radical (unpaired) electrons. The molecule has 0 unspecified atom stereocenters. The third-order valence-electron chi connectivity index (χ3n) is 7.68. The van der Waals surface area contributed by atoms with Crippen molar-refractivity contribution in [2.75, 3.05) is 26.7 Å². The van der Waals surface area contributed by atoms with Gasteiger partial charge in [0.25, 0.3) is 19.7 Å². The van der Waals surface area contributed by atoms with Crippen LogP contribution in [0, 0.1) is 5.41 Å². The molecule has 18 heteroatoms. The summed E-state index contributed by atoms with van der Waals surface area (Å²) in [6.45, 7) is 6.57. The Hall–Kier alpha value is -2.73.